The molecule has 0 saturated carbocycles. The van der Waals surface area contributed by atoms with Crippen LogP contribution in [0.25, 0.3) is 0 Å². The van der Waals surface area contributed by atoms with Gasteiger partial charge in [0.1, 0.15) is 0 Å². The van der Waals surface area contributed by atoms with Crippen LogP contribution in [0.3, 0.4) is 0 Å². The molecule has 5 nitrogen and oxygen atoms in total. The lowest BCUT2D eigenvalue weighted by Gasteiger charge is -2.18. The Hall–Kier alpha value is -2.12. The minimum absolute atomic E-state index is 0.0426. The molecule has 1 amide bonds. The van der Waals surface area contributed by atoms with Gasteiger partial charge in [-0.25, -0.2) is 0 Å². The van der Waals surface area contributed by atoms with Gasteiger partial charge in [-0.05, 0) is 24.1 Å². The fourth-order valence-electron chi connectivity index (χ4n) is 2.55. The number of hydrogen-bond acceptors (Lipinski definition) is 3. The fourth-order valence-corrected chi connectivity index (χ4v) is 2.55. The molecule has 1 aromatic heterocycles. The average Bonchev–Trinajstić information content (AvgIpc) is 2.91. The van der Waals surface area contributed by atoms with E-state index in [9.17, 15) is 22.8 Å². The standard InChI is InChI=1S/C14H15F3N2O3/c15-14(16,17)11-8-19(7-10(11)13(21)22)12(20)2-1-9-3-5-18-6-4-9/h3-6,10-11H,1-2,7-8H2,(H,21,22)/t10-,11-/m1/s1. The molecule has 0 bridgehead atoms. The van der Waals surface area contributed by atoms with Gasteiger partial charge in [-0.2, -0.15) is 13.2 Å². The summed E-state index contributed by atoms with van der Waals surface area (Å²) in [6, 6.07) is 3.44. The fraction of sp³-hybridized carbons (Fsp3) is 0.500. The van der Waals surface area contributed by atoms with Crippen molar-refractivity contribution in [2.24, 2.45) is 11.8 Å². The molecule has 1 saturated heterocycles. The Balaban J connectivity index is 1.98. The van der Waals surface area contributed by atoms with E-state index in [1.165, 1.54) is 0 Å². The molecule has 1 fully saturated rings. The summed E-state index contributed by atoms with van der Waals surface area (Å²) in [6.07, 6.45) is -1.07. The summed E-state index contributed by atoms with van der Waals surface area (Å²) < 4.78 is 38.6. The number of carboxylic acids is 1. The van der Waals surface area contributed by atoms with E-state index in [0.717, 1.165) is 10.5 Å². The van der Waals surface area contributed by atoms with Gasteiger partial charge < -0.3 is 10.0 Å². The quantitative estimate of drug-likeness (QED) is 0.918. The Morgan fingerprint density at radius 1 is 1.27 bits per heavy atom. The number of carboxylic acid groups (broad SMARTS) is 1. The third kappa shape index (κ3) is 3.75. The molecule has 0 unspecified atom stereocenters. The molecular weight excluding hydrogens is 301 g/mol. The number of amides is 1. The van der Waals surface area contributed by atoms with Gasteiger partial charge in [0, 0.05) is 31.9 Å². The second kappa shape index (κ2) is 6.33. The van der Waals surface area contributed by atoms with Crippen LogP contribution in [0.15, 0.2) is 24.5 Å². The van der Waals surface area contributed by atoms with Crippen molar-refractivity contribution in [2.75, 3.05) is 13.1 Å². The van der Waals surface area contributed by atoms with E-state index in [4.69, 9.17) is 5.11 Å². The highest BCUT2D eigenvalue weighted by Gasteiger charge is 2.53. The number of rotatable bonds is 4. The molecule has 120 valence electrons. The largest absolute Gasteiger partial charge is 0.481 e. The van der Waals surface area contributed by atoms with Crippen LogP contribution >= 0.6 is 0 Å². The van der Waals surface area contributed by atoms with Crippen LogP contribution in [-0.2, 0) is 16.0 Å². The summed E-state index contributed by atoms with van der Waals surface area (Å²) in [7, 11) is 0. The van der Waals surface area contributed by atoms with Gasteiger partial charge in [0.2, 0.25) is 5.91 Å². The number of aromatic nitrogens is 1. The zero-order chi connectivity index (χ0) is 16.3. The number of alkyl halides is 3. The van der Waals surface area contributed by atoms with Crippen LogP contribution in [0.1, 0.15) is 12.0 Å². The zero-order valence-corrected chi connectivity index (χ0v) is 11.6. The number of carbonyl (C=O) groups is 2. The third-order valence-corrected chi connectivity index (χ3v) is 3.79. The highest BCUT2D eigenvalue weighted by atomic mass is 19.4. The van der Waals surface area contributed by atoms with Crippen LogP contribution < -0.4 is 0 Å². The maximum absolute atomic E-state index is 12.9. The molecule has 0 radical (unpaired) electrons. The molecule has 0 aliphatic carbocycles. The molecule has 1 N–H and O–H groups in total. The van der Waals surface area contributed by atoms with Gasteiger partial charge in [-0.1, -0.05) is 0 Å². The van der Waals surface area contributed by atoms with Crippen LogP contribution in [-0.4, -0.2) is 46.1 Å². The molecule has 0 aromatic carbocycles. The Morgan fingerprint density at radius 2 is 1.91 bits per heavy atom. The predicted molar refractivity (Wildman–Crippen MR) is 69.8 cm³/mol. The van der Waals surface area contributed by atoms with Crippen molar-refractivity contribution < 1.29 is 27.9 Å². The number of likely N-dealkylation sites (tertiary alicyclic amines) is 1. The summed E-state index contributed by atoms with van der Waals surface area (Å²) in [5, 5.41) is 8.91. The first kappa shape index (κ1) is 16.3. The topological polar surface area (TPSA) is 70.5 Å². The van der Waals surface area contributed by atoms with Gasteiger partial charge in [-0.15, -0.1) is 0 Å². The third-order valence-electron chi connectivity index (χ3n) is 3.79. The molecule has 1 aliphatic rings. The van der Waals surface area contributed by atoms with Crippen molar-refractivity contribution in [3.8, 4) is 0 Å². The van der Waals surface area contributed by atoms with Gasteiger partial charge in [0.05, 0.1) is 11.8 Å². The number of hydrogen-bond donors (Lipinski definition) is 1. The Morgan fingerprint density at radius 3 is 2.41 bits per heavy atom. The molecule has 8 heteroatoms. The molecule has 2 heterocycles. The summed E-state index contributed by atoms with van der Waals surface area (Å²) in [4.78, 5) is 27.8. The molecule has 1 aliphatic heterocycles. The van der Waals surface area contributed by atoms with Crippen molar-refractivity contribution in [2.45, 2.75) is 19.0 Å². The molecule has 2 atom stereocenters. The Bertz CT molecular complexity index is 548. The molecule has 2 rings (SSSR count). The maximum Gasteiger partial charge on any atom is 0.394 e. The van der Waals surface area contributed by atoms with Crippen molar-refractivity contribution in [1.82, 2.24) is 9.88 Å². The Labute approximate surface area is 124 Å². The minimum atomic E-state index is -4.62. The number of pyridine rings is 1. The SMILES string of the molecule is O=C(O)[C@@H]1CN(C(=O)CCc2ccncc2)C[C@H]1C(F)(F)F. The molecule has 0 spiro atoms. The normalized spacial score (nSPS) is 21.9. The van der Waals surface area contributed by atoms with Crippen molar-refractivity contribution in [3.63, 3.8) is 0 Å². The van der Waals surface area contributed by atoms with Gasteiger partial charge in [0.25, 0.3) is 0 Å². The number of nitrogens with zero attached hydrogens (tertiary/aromatic N) is 2. The van der Waals surface area contributed by atoms with Crippen LogP contribution in [0.5, 0.6) is 0 Å². The minimum Gasteiger partial charge on any atom is -0.481 e. The monoisotopic (exact) mass is 316 g/mol. The summed E-state index contributed by atoms with van der Waals surface area (Å²) in [5.74, 6) is -5.58. The lowest BCUT2D eigenvalue weighted by atomic mass is 9.96. The van der Waals surface area contributed by atoms with Crippen LogP contribution in [0.2, 0.25) is 0 Å². The first-order valence-corrected chi connectivity index (χ1v) is 6.75. The first-order chi connectivity index (χ1) is 10.3. The Kier molecular flexibility index (Phi) is 4.68. The van der Waals surface area contributed by atoms with E-state index in [1.807, 2.05) is 0 Å². The highest BCUT2D eigenvalue weighted by Crippen LogP contribution is 2.37. The number of carbonyl (C=O) groups excluding carboxylic acids is 1. The van der Waals surface area contributed by atoms with Crippen LogP contribution in [0.4, 0.5) is 13.2 Å². The van der Waals surface area contributed by atoms with E-state index in [-0.39, 0.29) is 6.42 Å². The highest BCUT2D eigenvalue weighted by molar-refractivity contribution is 5.79. The lowest BCUT2D eigenvalue weighted by molar-refractivity contribution is -0.188. The van der Waals surface area contributed by atoms with Crippen molar-refractivity contribution >= 4 is 11.9 Å². The van der Waals surface area contributed by atoms with Gasteiger partial charge in [0.15, 0.2) is 0 Å². The summed E-state index contributed by atoms with van der Waals surface area (Å²) >= 11 is 0. The average molecular weight is 316 g/mol. The van der Waals surface area contributed by atoms with E-state index in [0.29, 0.717) is 6.42 Å². The first-order valence-electron chi connectivity index (χ1n) is 6.75. The van der Waals surface area contributed by atoms with E-state index in [2.05, 4.69) is 4.98 Å². The molecular formula is C14H15F3N2O3. The van der Waals surface area contributed by atoms with Gasteiger partial charge >= 0.3 is 12.1 Å². The lowest BCUT2D eigenvalue weighted by Crippen LogP contribution is -2.34. The predicted octanol–water partition coefficient (Wildman–Crippen LogP) is 1.74. The number of aliphatic carboxylic acids is 1. The molecule has 22 heavy (non-hydrogen) atoms. The second-order valence-corrected chi connectivity index (χ2v) is 5.25. The van der Waals surface area contributed by atoms with Gasteiger partial charge in [-0.3, -0.25) is 14.6 Å². The summed E-state index contributed by atoms with van der Waals surface area (Å²) in [6.45, 7) is -0.982. The number of aryl methyl sites for hydroxylation is 1. The second-order valence-electron chi connectivity index (χ2n) is 5.25. The van der Waals surface area contributed by atoms with Crippen molar-refractivity contribution in [3.05, 3.63) is 30.1 Å². The molecule has 1 aromatic rings. The smallest absolute Gasteiger partial charge is 0.394 e. The number of halogens is 3. The summed E-state index contributed by atoms with van der Waals surface area (Å²) in [5.41, 5.74) is 0.852. The maximum atomic E-state index is 12.9. The zero-order valence-electron chi connectivity index (χ0n) is 11.6. The van der Waals surface area contributed by atoms with E-state index < -0.39 is 43.0 Å². The van der Waals surface area contributed by atoms with E-state index >= 15 is 0 Å². The van der Waals surface area contributed by atoms with E-state index in [1.54, 1.807) is 24.5 Å². The van der Waals surface area contributed by atoms with Crippen molar-refractivity contribution in [1.29, 1.82) is 0 Å². The van der Waals surface area contributed by atoms with Crippen LogP contribution in [0, 0.1) is 11.8 Å².